The van der Waals surface area contributed by atoms with Crippen LogP contribution in [0.25, 0.3) is 0 Å². The first kappa shape index (κ1) is 20.5. The van der Waals surface area contributed by atoms with Gasteiger partial charge in [-0.25, -0.2) is 0 Å². The molecule has 1 saturated carbocycles. The lowest BCUT2D eigenvalue weighted by Gasteiger charge is -2.48. The number of carbonyl (C=O) groups excluding carboxylic acids is 1. The molecule has 0 bridgehead atoms. The van der Waals surface area contributed by atoms with Gasteiger partial charge in [-0.05, 0) is 37.1 Å². The van der Waals surface area contributed by atoms with Crippen LogP contribution in [0.4, 0.5) is 0 Å². The Morgan fingerprint density at radius 1 is 1.19 bits per heavy atom. The number of thioether (sulfide) groups is 1. The summed E-state index contributed by atoms with van der Waals surface area (Å²) in [5.41, 5.74) is 0.140. The van der Waals surface area contributed by atoms with Crippen LogP contribution < -0.4 is 10.1 Å². The average Bonchev–Trinajstić information content (AvgIpc) is 2.74. The molecule has 5 nitrogen and oxygen atoms in total. The Morgan fingerprint density at radius 3 is 2.56 bits per heavy atom. The Balaban J connectivity index is 1.44. The summed E-state index contributed by atoms with van der Waals surface area (Å²) in [4.78, 5) is 16.2. The quantitative estimate of drug-likeness (QED) is 0.688. The number of methoxy groups -OCH3 is 1. The molecule has 0 unspecified atom stereocenters. The van der Waals surface area contributed by atoms with Crippen molar-refractivity contribution in [3.8, 4) is 5.75 Å². The molecule has 0 spiro atoms. The maximum atomic E-state index is 12.4. The monoisotopic (exact) mass is 392 g/mol. The molecule has 1 aromatic carbocycles. The highest BCUT2D eigenvalue weighted by atomic mass is 32.2. The molecule has 150 valence electrons. The van der Waals surface area contributed by atoms with Gasteiger partial charge in [0.25, 0.3) is 0 Å². The Morgan fingerprint density at radius 2 is 1.89 bits per heavy atom. The molecule has 2 fully saturated rings. The van der Waals surface area contributed by atoms with E-state index in [-0.39, 0.29) is 11.4 Å². The van der Waals surface area contributed by atoms with Crippen LogP contribution >= 0.6 is 11.8 Å². The van der Waals surface area contributed by atoms with E-state index in [1.54, 1.807) is 18.9 Å². The van der Waals surface area contributed by atoms with Gasteiger partial charge in [0.2, 0.25) is 5.91 Å². The second-order valence-corrected chi connectivity index (χ2v) is 8.60. The van der Waals surface area contributed by atoms with E-state index in [0.29, 0.717) is 6.42 Å². The normalized spacial score (nSPS) is 20.2. The molecule has 1 saturated heterocycles. The summed E-state index contributed by atoms with van der Waals surface area (Å²) in [6.07, 6.45) is 6.78. The minimum absolute atomic E-state index is 0.140. The summed E-state index contributed by atoms with van der Waals surface area (Å²) >= 11 is 1.71. The van der Waals surface area contributed by atoms with Crippen molar-refractivity contribution in [1.82, 2.24) is 10.2 Å². The van der Waals surface area contributed by atoms with Crippen LogP contribution in [0.2, 0.25) is 0 Å². The van der Waals surface area contributed by atoms with E-state index in [2.05, 4.69) is 10.2 Å². The Labute approximate surface area is 167 Å². The van der Waals surface area contributed by atoms with Gasteiger partial charge < -0.3 is 14.8 Å². The Bertz CT molecular complexity index is 582. The van der Waals surface area contributed by atoms with Crippen molar-refractivity contribution < 1.29 is 14.3 Å². The largest absolute Gasteiger partial charge is 0.497 e. The van der Waals surface area contributed by atoms with Gasteiger partial charge >= 0.3 is 0 Å². The van der Waals surface area contributed by atoms with E-state index >= 15 is 0 Å². The van der Waals surface area contributed by atoms with Crippen LogP contribution in [-0.2, 0) is 9.53 Å². The standard InChI is InChI=1S/C21H32N2O3S/c1-25-18-5-7-19(8-6-18)27-16-9-20(24)22-17-21(10-3-2-4-11-21)23-12-14-26-15-13-23/h5-8H,2-4,9-17H2,1H3,(H,22,24). The van der Waals surface area contributed by atoms with Crippen molar-refractivity contribution in [1.29, 1.82) is 0 Å². The molecule has 27 heavy (non-hydrogen) atoms. The summed E-state index contributed by atoms with van der Waals surface area (Å²) in [7, 11) is 1.67. The molecular formula is C21H32N2O3S. The Hall–Kier alpha value is -1.24. The predicted octanol–water partition coefficient (Wildman–Crippen LogP) is 3.33. The summed E-state index contributed by atoms with van der Waals surface area (Å²) < 4.78 is 10.7. The zero-order valence-electron chi connectivity index (χ0n) is 16.4. The first-order chi connectivity index (χ1) is 13.2. The number of hydrogen-bond donors (Lipinski definition) is 1. The van der Waals surface area contributed by atoms with E-state index < -0.39 is 0 Å². The van der Waals surface area contributed by atoms with Gasteiger partial charge in [0.1, 0.15) is 5.75 Å². The molecule has 1 amide bonds. The second-order valence-electron chi connectivity index (χ2n) is 7.44. The van der Waals surface area contributed by atoms with Crippen molar-refractivity contribution >= 4 is 17.7 Å². The highest BCUT2D eigenvalue weighted by Crippen LogP contribution is 2.34. The maximum Gasteiger partial charge on any atom is 0.220 e. The van der Waals surface area contributed by atoms with Gasteiger partial charge in [-0.15, -0.1) is 11.8 Å². The molecule has 0 atom stereocenters. The molecule has 0 radical (unpaired) electrons. The summed E-state index contributed by atoms with van der Waals surface area (Å²) in [5, 5.41) is 3.24. The fourth-order valence-corrected chi connectivity index (χ4v) is 4.99. The van der Waals surface area contributed by atoms with E-state index in [9.17, 15) is 4.79 Å². The molecule has 6 heteroatoms. The number of hydrogen-bond acceptors (Lipinski definition) is 5. The van der Waals surface area contributed by atoms with Crippen LogP contribution in [0.1, 0.15) is 38.5 Å². The lowest BCUT2D eigenvalue weighted by molar-refractivity contribution is -0.122. The molecule has 1 aliphatic heterocycles. The number of carbonyl (C=O) groups is 1. The van der Waals surface area contributed by atoms with Gasteiger partial charge in [0.15, 0.2) is 0 Å². The van der Waals surface area contributed by atoms with Crippen LogP contribution in [0, 0.1) is 0 Å². The second kappa shape index (κ2) is 10.3. The molecule has 1 heterocycles. The highest BCUT2D eigenvalue weighted by Gasteiger charge is 2.38. The molecule has 3 rings (SSSR count). The van der Waals surface area contributed by atoms with E-state index in [1.165, 1.54) is 37.0 Å². The van der Waals surface area contributed by atoms with E-state index in [4.69, 9.17) is 9.47 Å². The topological polar surface area (TPSA) is 50.8 Å². The minimum Gasteiger partial charge on any atom is -0.497 e. The third kappa shape index (κ3) is 5.87. The summed E-state index contributed by atoms with van der Waals surface area (Å²) in [5.74, 6) is 1.81. The van der Waals surface area contributed by atoms with Crippen LogP contribution in [-0.4, -0.2) is 62.1 Å². The van der Waals surface area contributed by atoms with Crippen molar-refractivity contribution in [3.05, 3.63) is 24.3 Å². The van der Waals surface area contributed by atoms with Gasteiger partial charge in [0, 0.05) is 42.2 Å². The first-order valence-electron chi connectivity index (χ1n) is 10.1. The molecular weight excluding hydrogens is 360 g/mol. The molecule has 1 aromatic rings. The number of nitrogens with one attached hydrogen (secondary N) is 1. The van der Waals surface area contributed by atoms with Gasteiger partial charge in [0.05, 0.1) is 20.3 Å². The van der Waals surface area contributed by atoms with Crippen LogP contribution in [0.3, 0.4) is 0 Å². The van der Waals surface area contributed by atoms with Crippen LogP contribution in [0.15, 0.2) is 29.2 Å². The minimum atomic E-state index is 0.140. The smallest absolute Gasteiger partial charge is 0.220 e. The van der Waals surface area contributed by atoms with Gasteiger partial charge in [-0.3, -0.25) is 9.69 Å². The third-order valence-electron chi connectivity index (χ3n) is 5.74. The number of amides is 1. The maximum absolute atomic E-state index is 12.4. The summed E-state index contributed by atoms with van der Waals surface area (Å²) in [6.45, 7) is 4.38. The van der Waals surface area contributed by atoms with Crippen LogP contribution in [0.5, 0.6) is 5.75 Å². The zero-order chi connectivity index (χ0) is 19.0. The SMILES string of the molecule is COc1ccc(SCCC(=O)NCC2(N3CCOCC3)CCCCC2)cc1. The van der Waals surface area contributed by atoms with Crippen molar-refractivity contribution in [3.63, 3.8) is 0 Å². The fraction of sp³-hybridized carbons (Fsp3) is 0.667. The molecule has 1 aliphatic carbocycles. The van der Waals surface area contributed by atoms with Gasteiger partial charge in [-0.1, -0.05) is 19.3 Å². The Kier molecular flexibility index (Phi) is 7.85. The predicted molar refractivity (Wildman–Crippen MR) is 110 cm³/mol. The third-order valence-corrected chi connectivity index (χ3v) is 6.75. The van der Waals surface area contributed by atoms with Crippen molar-refractivity contribution in [2.75, 3.05) is 45.7 Å². The first-order valence-corrected chi connectivity index (χ1v) is 11.1. The highest BCUT2D eigenvalue weighted by molar-refractivity contribution is 7.99. The fourth-order valence-electron chi connectivity index (χ4n) is 4.14. The van der Waals surface area contributed by atoms with Crippen molar-refractivity contribution in [2.24, 2.45) is 0 Å². The number of rotatable bonds is 8. The number of benzene rings is 1. The lowest BCUT2D eigenvalue weighted by Crippen LogP contribution is -2.59. The molecule has 2 aliphatic rings. The van der Waals surface area contributed by atoms with E-state index in [1.807, 2.05) is 24.3 Å². The number of ether oxygens (including phenoxy) is 2. The number of morpholine rings is 1. The van der Waals surface area contributed by atoms with E-state index in [0.717, 1.165) is 44.4 Å². The average molecular weight is 393 g/mol. The zero-order valence-corrected chi connectivity index (χ0v) is 17.2. The summed E-state index contributed by atoms with van der Waals surface area (Å²) in [6, 6.07) is 7.99. The number of nitrogens with zero attached hydrogens (tertiary/aromatic N) is 1. The van der Waals surface area contributed by atoms with Crippen molar-refractivity contribution in [2.45, 2.75) is 49.0 Å². The molecule has 0 aromatic heterocycles. The lowest BCUT2D eigenvalue weighted by atomic mass is 9.79. The van der Waals surface area contributed by atoms with Gasteiger partial charge in [-0.2, -0.15) is 0 Å². The molecule has 1 N–H and O–H groups in total.